The number of ketones is 1. The van der Waals surface area contributed by atoms with Crippen LogP contribution >= 0.6 is 11.6 Å². The quantitative estimate of drug-likeness (QED) is 0.915. The molecule has 1 saturated heterocycles. The van der Waals surface area contributed by atoms with Crippen molar-refractivity contribution in [2.45, 2.75) is 25.2 Å². The molecule has 0 aliphatic carbocycles. The van der Waals surface area contributed by atoms with E-state index in [1.165, 1.54) is 0 Å². The van der Waals surface area contributed by atoms with Crippen LogP contribution in [0.1, 0.15) is 25.3 Å². The molecule has 1 aliphatic heterocycles. The van der Waals surface area contributed by atoms with E-state index in [0.717, 1.165) is 37.2 Å². The van der Waals surface area contributed by atoms with Crippen molar-refractivity contribution in [2.75, 3.05) is 20.2 Å². The molecule has 18 heavy (non-hydrogen) atoms. The maximum Gasteiger partial charge on any atom is 0.140 e. The zero-order chi connectivity index (χ0) is 13.2. The Labute approximate surface area is 112 Å². The Kier molecular flexibility index (Phi) is 3.93. The molecule has 1 aliphatic rings. The minimum Gasteiger partial charge on any atom is -0.496 e. The van der Waals surface area contributed by atoms with Gasteiger partial charge in [-0.25, -0.2) is 0 Å². The molecule has 1 heterocycles. The second-order valence-corrected chi connectivity index (χ2v) is 5.17. The molecule has 1 fully saturated rings. The van der Waals surface area contributed by atoms with E-state index in [2.05, 4.69) is 5.32 Å². The van der Waals surface area contributed by atoms with Gasteiger partial charge in [0.2, 0.25) is 0 Å². The monoisotopic (exact) mass is 267 g/mol. The molecule has 1 aromatic rings. The van der Waals surface area contributed by atoms with Gasteiger partial charge < -0.3 is 10.1 Å². The van der Waals surface area contributed by atoms with Crippen molar-refractivity contribution >= 4 is 17.4 Å². The molecule has 4 heteroatoms. The zero-order valence-corrected chi connectivity index (χ0v) is 11.5. The molecule has 2 rings (SSSR count). The van der Waals surface area contributed by atoms with E-state index in [4.69, 9.17) is 16.3 Å². The van der Waals surface area contributed by atoms with Crippen molar-refractivity contribution in [1.29, 1.82) is 0 Å². The summed E-state index contributed by atoms with van der Waals surface area (Å²) >= 11 is 6.08. The van der Waals surface area contributed by atoms with Gasteiger partial charge in [0.05, 0.1) is 12.5 Å². The number of carbonyl (C=O) groups is 1. The Morgan fingerprint density at radius 2 is 2.06 bits per heavy atom. The Bertz CT molecular complexity index is 453. The number of carbonyl (C=O) groups excluding carboxylic acids is 1. The van der Waals surface area contributed by atoms with E-state index in [0.29, 0.717) is 5.02 Å². The average molecular weight is 268 g/mol. The third-order valence-corrected chi connectivity index (χ3v) is 4.04. The lowest BCUT2D eigenvalue weighted by Gasteiger charge is -2.36. The predicted octanol–water partition coefficient (Wildman–Crippen LogP) is 2.56. The maximum atomic E-state index is 12.2. The van der Waals surface area contributed by atoms with Crippen LogP contribution < -0.4 is 10.1 Å². The number of rotatable bonds is 3. The first-order valence-electron chi connectivity index (χ1n) is 6.16. The molecule has 3 nitrogen and oxygen atoms in total. The molecule has 0 unspecified atom stereocenters. The molecule has 0 radical (unpaired) electrons. The van der Waals surface area contributed by atoms with Crippen molar-refractivity contribution in [3.05, 3.63) is 28.8 Å². The largest absolute Gasteiger partial charge is 0.496 e. The number of nitrogens with one attached hydrogen (secondary N) is 1. The molecule has 0 atom stereocenters. The fourth-order valence-electron chi connectivity index (χ4n) is 2.72. The van der Waals surface area contributed by atoms with Crippen molar-refractivity contribution in [2.24, 2.45) is 0 Å². The van der Waals surface area contributed by atoms with Gasteiger partial charge in [0.15, 0.2) is 0 Å². The van der Waals surface area contributed by atoms with Gasteiger partial charge in [0.1, 0.15) is 11.5 Å². The number of halogens is 1. The SMILES string of the molecule is COc1ccc(Cl)cc1C1(C(C)=O)CCNCC1. The molecule has 1 aromatic carbocycles. The van der Waals surface area contributed by atoms with Crippen molar-refractivity contribution in [3.63, 3.8) is 0 Å². The summed E-state index contributed by atoms with van der Waals surface area (Å²) in [7, 11) is 1.63. The van der Waals surface area contributed by atoms with Crippen molar-refractivity contribution in [1.82, 2.24) is 5.32 Å². The van der Waals surface area contributed by atoms with Crippen LogP contribution in [-0.4, -0.2) is 26.0 Å². The Balaban J connectivity index is 2.54. The van der Waals surface area contributed by atoms with Crippen LogP contribution in [0.4, 0.5) is 0 Å². The van der Waals surface area contributed by atoms with Crippen LogP contribution in [0.5, 0.6) is 5.75 Å². The lowest BCUT2D eigenvalue weighted by molar-refractivity contribution is -0.123. The van der Waals surface area contributed by atoms with E-state index in [9.17, 15) is 4.79 Å². The van der Waals surface area contributed by atoms with E-state index in [-0.39, 0.29) is 5.78 Å². The van der Waals surface area contributed by atoms with Gasteiger partial charge in [-0.3, -0.25) is 4.79 Å². The van der Waals surface area contributed by atoms with Crippen LogP contribution in [0.2, 0.25) is 5.02 Å². The van der Waals surface area contributed by atoms with Crippen LogP contribution in [-0.2, 0) is 10.2 Å². The highest BCUT2D eigenvalue weighted by atomic mass is 35.5. The summed E-state index contributed by atoms with van der Waals surface area (Å²) in [4.78, 5) is 12.2. The summed E-state index contributed by atoms with van der Waals surface area (Å²) in [5.41, 5.74) is 0.466. The maximum absolute atomic E-state index is 12.2. The lowest BCUT2D eigenvalue weighted by atomic mass is 9.70. The minimum absolute atomic E-state index is 0.185. The smallest absolute Gasteiger partial charge is 0.140 e. The van der Waals surface area contributed by atoms with Gasteiger partial charge in [-0.1, -0.05) is 11.6 Å². The summed E-state index contributed by atoms with van der Waals surface area (Å²) in [6.45, 7) is 3.34. The first-order valence-corrected chi connectivity index (χ1v) is 6.54. The lowest BCUT2D eigenvalue weighted by Crippen LogP contribution is -2.44. The Morgan fingerprint density at radius 1 is 1.39 bits per heavy atom. The van der Waals surface area contributed by atoms with E-state index < -0.39 is 5.41 Å². The van der Waals surface area contributed by atoms with Crippen LogP contribution in [0.25, 0.3) is 0 Å². The molecule has 98 valence electrons. The summed E-state index contributed by atoms with van der Waals surface area (Å²) < 4.78 is 5.40. The summed E-state index contributed by atoms with van der Waals surface area (Å²) in [6.07, 6.45) is 1.58. The molecule has 0 saturated carbocycles. The van der Waals surface area contributed by atoms with E-state index >= 15 is 0 Å². The van der Waals surface area contributed by atoms with E-state index in [1.54, 1.807) is 20.1 Å². The van der Waals surface area contributed by atoms with Crippen molar-refractivity contribution < 1.29 is 9.53 Å². The van der Waals surface area contributed by atoms with Gasteiger partial charge in [-0.2, -0.15) is 0 Å². The second kappa shape index (κ2) is 5.29. The Hall–Kier alpha value is -1.06. The van der Waals surface area contributed by atoms with Crippen LogP contribution in [0.15, 0.2) is 18.2 Å². The molecule has 0 bridgehead atoms. The predicted molar refractivity (Wildman–Crippen MR) is 72.5 cm³/mol. The third-order valence-electron chi connectivity index (χ3n) is 3.81. The van der Waals surface area contributed by atoms with Gasteiger partial charge in [0.25, 0.3) is 0 Å². The number of benzene rings is 1. The molecular formula is C14H18ClNO2. The Morgan fingerprint density at radius 3 is 2.61 bits per heavy atom. The van der Waals surface area contributed by atoms with Gasteiger partial charge >= 0.3 is 0 Å². The number of Topliss-reactive ketones (excluding diaryl/α,β-unsaturated/α-hetero) is 1. The highest BCUT2D eigenvalue weighted by Crippen LogP contribution is 2.40. The van der Waals surface area contributed by atoms with Gasteiger partial charge in [-0.15, -0.1) is 0 Å². The molecule has 0 amide bonds. The molecular weight excluding hydrogens is 250 g/mol. The van der Waals surface area contributed by atoms with Gasteiger partial charge in [0, 0.05) is 10.6 Å². The summed E-state index contributed by atoms with van der Waals surface area (Å²) in [6, 6.07) is 5.50. The van der Waals surface area contributed by atoms with E-state index in [1.807, 2.05) is 12.1 Å². The van der Waals surface area contributed by atoms with Crippen LogP contribution in [0.3, 0.4) is 0 Å². The standard InChI is InChI=1S/C14H18ClNO2/c1-10(17)14(5-7-16-8-6-14)12-9-11(15)3-4-13(12)18-2/h3-4,9,16H,5-8H2,1-2H3. The fraction of sp³-hybridized carbons (Fsp3) is 0.500. The first kappa shape index (κ1) is 13.4. The first-order chi connectivity index (χ1) is 8.60. The fourth-order valence-corrected chi connectivity index (χ4v) is 2.89. The van der Waals surface area contributed by atoms with Crippen molar-refractivity contribution in [3.8, 4) is 5.75 Å². The van der Waals surface area contributed by atoms with Gasteiger partial charge in [-0.05, 0) is 51.1 Å². The summed E-state index contributed by atoms with van der Waals surface area (Å²) in [5, 5.41) is 3.93. The minimum atomic E-state index is -0.457. The topological polar surface area (TPSA) is 38.3 Å². The molecule has 0 aromatic heterocycles. The number of ether oxygens (including phenoxy) is 1. The normalized spacial score (nSPS) is 18.4. The zero-order valence-electron chi connectivity index (χ0n) is 10.8. The number of methoxy groups -OCH3 is 1. The molecule has 0 spiro atoms. The second-order valence-electron chi connectivity index (χ2n) is 4.73. The molecule has 1 N–H and O–H groups in total. The number of hydrogen-bond acceptors (Lipinski definition) is 3. The third kappa shape index (κ3) is 2.25. The number of hydrogen-bond donors (Lipinski definition) is 1. The highest BCUT2D eigenvalue weighted by Gasteiger charge is 2.40. The van der Waals surface area contributed by atoms with Crippen LogP contribution in [0, 0.1) is 0 Å². The summed E-state index contributed by atoms with van der Waals surface area (Å²) in [5.74, 6) is 0.932. The number of piperidine rings is 1. The highest BCUT2D eigenvalue weighted by molar-refractivity contribution is 6.30. The average Bonchev–Trinajstić information content (AvgIpc) is 2.39.